The fraction of sp³-hybridized carbons (Fsp3) is 0.286. The van der Waals surface area contributed by atoms with Crippen LogP contribution in [0.2, 0.25) is 5.02 Å². The molecule has 0 aliphatic carbocycles. The predicted molar refractivity (Wildman–Crippen MR) is 81.4 cm³/mol. The summed E-state index contributed by atoms with van der Waals surface area (Å²) < 4.78 is 10.5. The quantitative estimate of drug-likeness (QED) is 0.942. The molecule has 110 valence electrons. The Hall–Kier alpha value is -1.63. The maximum Gasteiger partial charge on any atom is 0.261 e. The van der Waals surface area contributed by atoms with Gasteiger partial charge >= 0.3 is 0 Å². The number of carbonyl (C=O) groups excluding carboxylic acids is 1. The van der Waals surface area contributed by atoms with Gasteiger partial charge < -0.3 is 9.47 Å². The molecule has 2 heterocycles. The first kappa shape index (κ1) is 14.3. The molecule has 7 heteroatoms. The number of carbonyl (C=O) groups is 1. The van der Waals surface area contributed by atoms with Crippen molar-refractivity contribution in [2.24, 2.45) is 0 Å². The number of halogens is 1. The van der Waals surface area contributed by atoms with Crippen LogP contribution in [0.4, 0.5) is 5.13 Å². The molecular weight excluding hydrogens is 312 g/mol. The largest absolute Gasteiger partial charge is 0.496 e. The van der Waals surface area contributed by atoms with Crippen LogP contribution < -0.4 is 10.1 Å². The molecule has 5 nitrogen and oxygen atoms in total. The molecule has 0 unspecified atom stereocenters. The van der Waals surface area contributed by atoms with Crippen LogP contribution in [0.25, 0.3) is 0 Å². The number of aromatic nitrogens is 1. The smallest absolute Gasteiger partial charge is 0.261 e. The predicted octanol–water partition coefficient (Wildman–Crippen LogP) is 3.13. The van der Waals surface area contributed by atoms with E-state index in [4.69, 9.17) is 21.1 Å². The van der Waals surface area contributed by atoms with Crippen molar-refractivity contribution in [2.75, 3.05) is 19.0 Å². The summed E-state index contributed by atoms with van der Waals surface area (Å²) in [5.41, 5.74) is 1.29. The Balaban J connectivity index is 1.83. The third kappa shape index (κ3) is 3.02. The van der Waals surface area contributed by atoms with Gasteiger partial charge in [-0.1, -0.05) is 11.6 Å². The van der Waals surface area contributed by atoms with Gasteiger partial charge in [-0.05, 0) is 18.2 Å². The van der Waals surface area contributed by atoms with Crippen molar-refractivity contribution in [3.8, 4) is 5.75 Å². The van der Waals surface area contributed by atoms with Gasteiger partial charge in [0.2, 0.25) is 0 Å². The van der Waals surface area contributed by atoms with Crippen LogP contribution in [-0.2, 0) is 17.8 Å². The number of hydrogen-bond donors (Lipinski definition) is 1. The molecule has 1 aliphatic heterocycles. The standard InChI is InChI=1S/C14H13ClN2O3S/c1-19-11-3-2-8(15)6-9(11)13(18)17-14-16-10-7-20-5-4-12(10)21-14/h2-3,6H,4-5,7H2,1H3,(H,16,17,18). The molecule has 2 aromatic rings. The summed E-state index contributed by atoms with van der Waals surface area (Å²) in [6.07, 6.45) is 0.837. The van der Waals surface area contributed by atoms with Crippen LogP contribution in [0.15, 0.2) is 18.2 Å². The highest BCUT2D eigenvalue weighted by Crippen LogP contribution is 2.29. The van der Waals surface area contributed by atoms with E-state index in [0.717, 1.165) is 17.0 Å². The van der Waals surface area contributed by atoms with Gasteiger partial charge in [0.1, 0.15) is 5.75 Å². The fourth-order valence-electron chi connectivity index (χ4n) is 2.10. The van der Waals surface area contributed by atoms with Gasteiger partial charge in [0.25, 0.3) is 5.91 Å². The van der Waals surface area contributed by atoms with Gasteiger partial charge in [-0.15, -0.1) is 11.3 Å². The SMILES string of the molecule is COc1ccc(Cl)cc1C(=O)Nc1nc2c(s1)CCOC2. The van der Waals surface area contributed by atoms with E-state index in [1.807, 2.05) is 0 Å². The third-order valence-electron chi connectivity index (χ3n) is 3.12. The van der Waals surface area contributed by atoms with Crippen LogP contribution in [0.3, 0.4) is 0 Å². The molecule has 0 bridgehead atoms. The minimum Gasteiger partial charge on any atom is -0.496 e. The maximum atomic E-state index is 12.3. The molecule has 3 rings (SSSR count). The lowest BCUT2D eigenvalue weighted by Crippen LogP contribution is -2.13. The van der Waals surface area contributed by atoms with E-state index in [9.17, 15) is 4.79 Å². The Morgan fingerprint density at radius 3 is 3.14 bits per heavy atom. The lowest BCUT2D eigenvalue weighted by Gasteiger charge is -2.08. The third-order valence-corrected chi connectivity index (χ3v) is 4.43. The van der Waals surface area contributed by atoms with E-state index in [1.165, 1.54) is 18.4 Å². The Morgan fingerprint density at radius 1 is 1.52 bits per heavy atom. The topological polar surface area (TPSA) is 60.5 Å². The number of hydrogen-bond acceptors (Lipinski definition) is 5. The van der Waals surface area contributed by atoms with Crippen LogP contribution in [-0.4, -0.2) is 24.6 Å². The van der Waals surface area contributed by atoms with Crippen LogP contribution in [0.1, 0.15) is 20.9 Å². The molecule has 0 saturated carbocycles. The first-order chi connectivity index (χ1) is 10.2. The van der Waals surface area contributed by atoms with Gasteiger partial charge in [-0.25, -0.2) is 4.98 Å². The number of anilines is 1. The summed E-state index contributed by atoms with van der Waals surface area (Å²) in [7, 11) is 1.51. The molecule has 21 heavy (non-hydrogen) atoms. The number of nitrogens with one attached hydrogen (secondary N) is 1. The molecular formula is C14H13ClN2O3S. The first-order valence-electron chi connectivity index (χ1n) is 6.38. The molecule has 0 spiro atoms. The fourth-order valence-corrected chi connectivity index (χ4v) is 3.21. The van der Waals surface area contributed by atoms with Crippen LogP contribution in [0, 0.1) is 0 Å². The van der Waals surface area contributed by atoms with E-state index in [-0.39, 0.29) is 5.91 Å². The summed E-state index contributed by atoms with van der Waals surface area (Å²) in [5, 5.41) is 3.84. The van der Waals surface area contributed by atoms with Crippen LogP contribution in [0.5, 0.6) is 5.75 Å². The summed E-state index contributed by atoms with van der Waals surface area (Å²) in [6.45, 7) is 1.20. The van der Waals surface area contributed by atoms with E-state index < -0.39 is 0 Å². The maximum absolute atomic E-state index is 12.3. The second kappa shape index (κ2) is 6.01. The van der Waals surface area contributed by atoms with Crippen molar-refractivity contribution >= 4 is 34.0 Å². The minimum absolute atomic E-state index is 0.290. The van der Waals surface area contributed by atoms with Crippen molar-refractivity contribution in [3.63, 3.8) is 0 Å². The molecule has 1 aromatic heterocycles. The van der Waals surface area contributed by atoms with E-state index in [1.54, 1.807) is 18.2 Å². The summed E-state index contributed by atoms with van der Waals surface area (Å²) in [5.74, 6) is 0.183. The van der Waals surface area contributed by atoms with Crippen molar-refractivity contribution in [2.45, 2.75) is 13.0 Å². The average Bonchev–Trinajstić information content (AvgIpc) is 2.89. The number of rotatable bonds is 3. The van der Waals surface area contributed by atoms with Gasteiger partial charge in [0.05, 0.1) is 31.6 Å². The number of nitrogens with zero attached hydrogens (tertiary/aromatic N) is 1. The number of thiazole rings is 1. The zero-order valence-corrected chi connectivity index (χ0v) is 12.9. The monoisotopic (exact) mass is 324 g/mol. The van der Waals surface area contributed by atoms with Crippen LogP contribution >= 0.6 is 22.9 Å². The van der Waals surface area contributed by atoms with Gasteiger partial charge in [-0.2, -0.15) is 0 Å². The van der Waals surface area contributed by atoms with E-state index >= 15 is 0 Å². The van der Waals surface area contributed by atoms with Crippen molar-refractivity contribution in [1.82, 2.24) is 4.98 Å². The molecule has 1 aromatic carbocycles. The molecule has 1 amide bonds. The molecule has 0 radical (unpaired) electrons. The number of ether oxygens (including phenoxy) is 2. The number of benzene rings is 1. The molecule has 0 saturated heterocycles. The first-order valence-corrected chi connectivity index (χ1v) is 7.58. The zero-order valence-electron chi connectivity index (χ0n) is 11.3. The van der Waals surface area contributed by atoms with E-state index in [2.05, 4.69) is 10.3 Å². The zero-order chi connectivity index (χ0) is 14.8. The van der Waals surface area contributed by atoms with Gasteiger partial charge in [0.15, 0.2) is 5.13 Å². The van der Waals surface area contributed by atoms with Gasteiger partial charge in [-0.3, -0.25) is 10.1 Å². The Labute approximate surface area is 130 Å². The number of amides is 1. The lowest BCUT2D eigenvalue weighted by molar-refractivity contribution is 0.102. The molecule has 1 aliphatic rings. The van der Waals surface area contributed by atoms with Crippen molar-refractivity contribution in [3.05, 3.63) is 39.4 Å². The summed E-state index contributed by atoms with van der Waals surface area (Å²) >= 11 is 7.42. The second-order valence-corrected chi connectivity index (χ2v) is 6.01. The molecule has 1 N–H and O–H groups in total. The molecule has 0 atom stereocenters. The Bertz CT molecular complexity index is 663. The van der Waals surface area contributed by atoms with Gasteiger partial charge in [0, 0.05) is 16.3 Å². The highest BCUT2D eigenvalue weighted by Gasteiger charge is 2.19. The Morgan fingerprint density at radius 2 is 2.38 bits per heavy atom. The normalized spacial score (nSPS) is 13.6. The highest BCUT2D eigenvalue weighted by atomic mass is 35.5. The highest BCUT2D eigenvalue weighted by molar-refractivity contribution is 7.15. The van der Waals surface area contributed by atoms with E-state index in [0.29, 0.717) is 34.7 Å². The lowest BCUT2D eigenvalue weighted by atomic mass is 10.2. The second-order valence-electron chi connectivity index (χ2n) is 4.49. The Kier molecular flexibility index (Phi) is 4.10. The number of methoxy groups -OCH3 is 1. The number of fused-ring (bicyclic) bond motifs is 1. The average molecular weight is 325 g/mol. The summed E-state index contributed by atoms with van der Waals surface area (Å²) in [6, 6.07) is 4.92. The van der Waals surface area contributed by atoms with Crippen molar-refractivity contribution in [1.29, 1.82) is 0 Å². The minimum atomic E-state index is -0.290. The molecule has 0 fully saturated rings. The summed E-state index contributed by atoms with van der Waals surface area (Å²) in [4.78, 5) is 17.9. The van der Waals surface area contributed by atoms with Crippen molar-refractivity contribution < 1.29 is 14.3 Å².